The molecular formula is C18H27N3O2. The number of benzene rings is 1. The van der Waals surface area contributed by atoms with Gasteiger partial charge in [-0.1, -0.05) is 6.92 Å². The van der Waals surface area contributed by atoms with Crippen LogP contribution < -0.4 is 10.1 Å². The fourth-order valence-corrected chi connectivity index (χ4v) is 3.00. The molecule has 0 radical (unpaired) electrons. The van der Waals surface area contributed by atoms with E-state index in [1.165, 1.54) is 19.5 Å². The fraction of sp³-hybridized carbons (Fsp3) is 0.611. The Balaban J connectivity index is 1.40. The number of carbonyl (C=O) groups is 1. The molecule has 5 heteroatoms. The smallest absolute Gasteiger partial charge is 0.321 e. The lowest BCUT2D eigenvalue weighted by molar-refractivity contribution is 0.220. The summed E-state index contributed by atoms with van der Waals surface area (Å²) in [5.74, 6) is 1.66. The second kappa shape index (κ2) is 7.21. The van der Waals surface area contributed by atoms with E-state index in [1.807, 2.05) is 31.3 Å². The Morgan fingerprint density at radius 2 is 2.04 bits per heavy atom. The molecule has 0 spiro atoms. The van der Waals surface area contributed by atoms with Gasteiger partial charge >= 0.3 is 6.03 Å². The summed E-state index contributed by atoms with van der Waals surface area (Å²) in [6, 6.07) is 8.01. The van der Waals surface area contributed by atoms with Crippen LogP contribution in [-0.2, 0) is 0 Å². The van der Waals surface area contributed by atoms with Gasteiger partial charge < -0.3 is 15.0 Å². The van der Waals surface area contributed by atoms with E-state index in [2.05, 4.69) is 17.1 Å². The van der Waals surface area contributed by atoms with E-state index in [0.29, 0.717) is 12.6 Å². The third-order valence-corrected chi connectivity index (χ3v) is 4.70. The molecular weight excluding hydrogens is 290 g/mol. The topological polar surface area (TPSA) is 44.8 Å². The van der Waals surface area contributed by atoms with Crippen molar-refractivity contribution in [1.29, 1.82) is 0 Å². The highest BCUT2D eigenvalue weighted by Crippen LogP contribution is 2.26. The van der Waals surface area contributed by atoms with E-state index in [9.17, 15) is 4.79 Å². The molecule has 3 rings (SSSR count). The van der Waals surface area contributed by atoms with Crippen LogP contribution in [0.4, 0.5) is 10.5 Å². The maximum Gasteiger partial charge on any atom is 0.321 e. The molecule has 0 bridgehead atoms. The van der Waals surface area contributed by atoms with Gasteiger partial charge in [0, 0.05) is 31.9 Å². The van der Waals surface area contributed by atoms with Crippen LogP contribution >= 0.6 is 0 Å². The minimum atomic E-state index is -0.0377. The summed E-state index contributed by atoms with van der Waals surface area (Å²) < 4.78 is 5.79. The lowest BCUT2D eigenvalue weighted by Crippen LogP contribution is -2.32. The third kappa shape index (κ3) is 4.61. The molecule has 2 aliphatic rings. The molecule has 1 aliphatic heterocycles. The normalized spacial score (nSPS) is 21.2. The van der Waals surface area contributed by atoms with Crippen molar-refractivity contribution in [2.45, 2.75) is 32.2 Å². The molecule has 1 saturated heterocycles. The van der Waals surface area contributed by atoms with Crippen LogP contribution in [0.1, 0.15) is 26.2 Å². The molecule has 1 heterocycles. The highest BCUT2D eigenvalue weighted by atomic mass is 16.5. The van der Waals surface area contributed by atoms with Gasteiger partial charge in [0.15, 0.2) is 0 Å². The van der Waals surface area contributed by atoms with E-state index < -0.39 is 0 Å². The number of ether oxygens (including phenoxy) is 1. The minimum absolute atomic E-state index is 0.0377. The summed E-state index contributed by atoms with van der Waals surface area (Å²) in [6.07, 6.45) is 3.53. The zero-order valence-corrected chi connectivity index (χ0v) is 14.1. The number of carbonyl (C=O) groups excluding carboxylic acids is 1. The van der Waals surface area contributed by atoms with Gasteiger partial charge in [-0.25, -0.2) is 4.79 Å². The van der Waals surface area contributed by atoms with Gasteiger partial charge in [0.1, 0.15) is 12.4 Å². The number of nitrogens with one attached hydrogen (secondary N) is 1. The first-order valence-electron chi connectivity index (χ1n) is 8.61. The molecule has 2 fully saturated rings. The summed E-state index contributed by atoms with van der Waals surface area (Å²) in [7, 11) is 1.85. The standard InChI is InChI=1S/C18H27N3O2/c1-14-9-10-21(13-14)11-12-23-17-7-3-15(4-8-17)19-18(22)20(2)16-5-6-16/h3-4,7-8,14,16H,5-6,9-13H2,1-2H3,(H,19,22)/t14-/m1/s1. The van der Waals surface area contributed by atoms with Crippen molar-refractivity contribution in [3.8, 4) is 5.75 Å². The number of rotatable bonds is 6. The number of hydrogen-bond donors (Lipinski definition) is 1. The Kier molecular flexibility index (Phi) is 5.06. The summed E-state index contributed by atoms with van der Waals surface area (Å²) >= 11 is 0. The Morgan fingerprint density at radius 3 is 2.65 bits per heavy atom. The first kappa shape index (κ1) is 16.1. The van der Waals surface area contributed by atoms with Gasteiger partial charge in [0.05, 0.1) is 0 Å². The van der Waals surface area contributed by atoms with Gasteiger partial charge in [0.25, 0.3) is 0 Å². The summed E-state index contributed by atoms with van der Waals surface area (Å²) in [6.45, 7) is 6.36. The highest BCUT2D eigenvalue weighted by molar-refractivity contribution is 5.89. The van der Waals surface area contributed by atoms with Crippen LogP contribution in [0, 0.1) is 5.92 Å². The van der Waals surface area contributed by atoms with Crippen molar-refractivity contribution in [3.63, 3.8) is 0 Å². The summed E-state index contributed by atoms with van der Waals surface area (Å²) in [5, 5.41) is 2.92. The Morgan fingerprint density at radius 1 is 1.30 bits per heavy atom. The second-order valence-electron chi connectivity index (χ2n) is 6.84. The third-order valence-electron chi connectivity index (χ3n) is 4.70. The Bertz CT molecular complexity index is 528. The van der Waals surface area contributed by atoms with Crippen LogP contribution in [0.25, 0.3) is 0 Å². The van der Waals surface area contributed by atoms with Gasteiger partial charge in [-0.2, -0.15) is 0 Å². The predicted octanol–water partition coefficient (Wildman–Crippen LogP) is 3.03. The predicted molar refractivity (Wildman–Crippen MR) is 92.0 cm³/mol. The van der Waals surface area contributed by atoms with Crippen molar-refractivity contribution in [2.75, 3.05) is 38.6 Å². The Hall–Kier alpha value is -1.75. The monoisotopic (exact) mass is 317 g/mol. The van der Waals surface area contributed by atoms with Crippen LogP contribution in [0.5, 0.6) is 5.75 Å². The van der Waals surface area contributed by atoms with E-state index in [0.717, 1.165) is 36.7 Å². The molecule has 1 aromatic carbocycles. The SMILES string of the molecule is C[C@@H]1CCN(CCOc2ccc(NC(=O)N(C)C3CC3)cc2)C1. The van der Waals surface area contributed by atoms with Gasteiger partial charge in [-0.3, -0.25) is 4.90 Å². The van der Waals surface area contributed by atoms with Gasteiger partial charge in [-0.05, 0) is 56.0 Å². The number of amides is 2. The molecule has 1 N–H and O–H groups in total. The summed E-state index contributed by atoms with van der Waals surface area (Å²) in [4.78, 5) is 16.2. The van der Waals surface area contributed by atoms with Crippen molar-refractivity contribution >= 4 is 11.7 Å². The van der Waals surface area contributed by atoms with Crippen LogP contribution in [0.15, 0.2) is 24.3 Å². The molecule has 1 atom stereocenters. The molecule has 126 valence electrons. The average molecular weight is 317 g/mol. The zero-order valence-electron chi connectivity index (χ0n) is 14.1. The molecule has 0 aromatic heterocycles. The number of urea groups is 1. The highest BCUT2D eigenvalue weighted by Gasteiger charge is 2.29. The van der Waals surface area contributed by atoms with Crippen molar-refractivity contribution in [2.24, 2.45) is 5.92 Å². The first-order chi connectivity index (χ1) is 11.1. The quantitative estimate of drug-likeness (QED) is 0.877. The molecule has 1 aliphatic carbocycles. The van der Waals surface area contributed by atoms with E-state index >= 15 is 0 Å². The lowest BCUT2D eigenvalue weighted by atomic mass is 10.2. The average Bonchev–Trinajstić information content (AvgIpc) is 3.31. The van der Waals surface area contributed by atoms with E-state index in [4.69, 9.17) is 4.74 Å². The van der Waals surface area contributed by atoms with E-state index in [1.54, 1.807) is 4.90 Å². The molecule has 23 heavy (non-hydrogen) atoms. The van der Waals surface area contributed by atoms with Crippen LogP contribution in [0.2, 0.25) is 0 Å². The summed E-state index contributed by atoms with van der Waals surface area (Å²) in [5.41, 5.74) is 0.809. The number of nitrogens with zero attached hydrogens (tertiary/aromatic N) is 2. The van der Waals surface area contributed by atoms with Crippen LogP contribution in [0.3, 0.4) is 0 Å². The second-order valence-corrected chi connectivity index (χ2v) is 6.84. The number of likely N-dealkylation sites (tertiary alicyclic amines) is 1. The Labute approximate surface area is 138 Å². The van der Waals surface area contributed by atoms with Crippen molar-refractivity contribution in [1.82, 2.24) is 9.80 Å². The van der Waals surface area contributed by atoms with E-state index in [-0.39, 0.29) is 6.03 Å². The van der Waals surface area contributed by atoms with Crippen LogP contribution in [-0.4, -0.2) is 55.2 Å². The first-order valence-corrected chi connectivity index (χ1v) is 8.61. The lowest BCUT2D eigenvalue weighted by Gasteiger charge is -2.17. The van der Waals surface area contributed by atoms with Gasteiger partial charge in [-0.15, -0.1) is 0 Å². The molecule has 2 amide bonds. The molecule has 0 unspecified atom stereocenters. The minimum Gasteiger partial charge on any atom is -0.492 e. The fourth-order valence-electron chi connectivity index (χ4n) is 3.00. The molecule has 1 aromatic rings. The van der Waals surface area contributed by atoms with Crippen molar-refractivity contribution < 1.29 is 9.53 Å². The largest absolute Gasteiger partial charge is 0.492 e. The maximum absolute atomic E-state index is 12.0. The van der Waals surface area contributed by atoms with Crippen molar-refractivity contribution in [3.05, 3.63) is 24.3 Å². The number of anilines is 1. The molecule has 1 saturated carbocycles. The zero-order chi connectivity index (χ0) is 16.2. The van der Waals surface area contributed by atoms with Gasteiger partial charge in [0.2, 0.25) is 0 Å². The maximum atomic E-state index is 12.0. The molecule has 5 nitrogen and oxygen atoms in total. The number of hydrogen-bond acceptors (Lipinski definition) is 3.